The van der Waals surface area contributed by atoms with E-state index in [-0.39, 0.29) is 5.69 Å². The summed E-state index contributed by atoms with van der Waals surface area (Å²) in [7, 11) is 0. The van der Waals surface area contributed by atoms with Crippen molar-refractivity contribution < 1.29 is 9.90 Å². The van der Waals surface area contributed by atoms with E-state index < -0.39 is 5.97 Å². The number of nitrogens with zero attached hydrogens (tertiary/aromatic N) is 4. The van der Waals surface area contributed by atoms with E-state index in [1.54, 1.807) is 23.0 Å². The minimum atomic E-state index is -1.10. The molecule has 2 heterocycles. The molecule has 0 fully saturated rings. The second kappa shape index (κ2) is 6.17. The molecule has 0 saturated carbocycles. The lowest BCUT2D eigenvalue weighted by Gasteiger charge is -2.06. The molecule has 0 saturated heterocycles. The predicted octanol–water partition coefficient (Wildman–Crippen LogP) is 2.28. The number of rotatable bonds is 5. The zero-order valence-corrected chi connectivity index (χ0v) is 11.8. The summed E-state index contributed by atoms with van der Waals surface area (Å²) in [5.74, 6) is -1.10. The van der Waals surface area contributed by atoms with Gasteiger partial charge in [0.05, 0.1) is 5.69 Å². The average molecular weight is 294 g/mol. The van der Waals surface area contributed by atoms with E-state index >= 15 is 0 Å². The van der Waals surface area contributed by atoms with Crippen LogP contribution in [0.3, 0.4) is 0 Å². The lowest BCUT2D eigenvalue weighted by molar-refractivity contribution is 0.0691. The van der Waals surface area contributed by atoms with Crippen LogP contribution in [0.5, 0.6) is 0 Å². The van der Waals surface area contributed by atoms with Gasteiger partial charge in [0.1, 0.15) is 5.69 Å². The van der Waals surface area contributed by atoms with Crippen molar-refractivity contribution in [2.75, 3.05) is 0 Å². The minimum Gasteiger partial charge on any atom is -0.476 e. The van der Waals surface area contributed by atoms with Gasteiger partial charge in [-0.1, -0.05) is 41.6 Å². The van der Waals surface area contributed by atoms with Crippen LogP contribution in [0.2, 0.25) is 0 Å². The number of aryl methyl sites for hydroxylation is 2. The van der Waals surface area contributed by atoms with Gasteiger partial charge >= 0.3 is 5.97 Å². The number of carboxylic acids is 1. The fraction of sp³-hybridized carbons (Fsp3) is 0.125. The van der Waals surface area contributed by atoms with Crippen molar-refractivity contribution >= 4 is 5.97 Å². The third-order valence-corrected chi connectivity index (χ3v) is 3.30. The second-order valence-corrected chi connectivity index (χ2v) is 4.77. The maximum atomic E-state index is 11.3. The van der Waals surface area contributed by atoms with Gasteiger partial charge in [0.2, 0.25) is 0 Å². The quantitative estimate of drug-likeness (QED) is 0.780. The molecule has 2 aromatic heterocycles. The van der Waals surface area contributed by atoms with Crippen LogP contribution in [0.4, 0.5) is 0 Å². The van der Waals surface area contributed by atoms with Gasteiger partial charge in [-0.3, -0.25) is 4.98 Å². The number of hydrogen-bond donors (Lipinski definition) is 1. The highest BCUT2D eigenvalue weighted by Crippen LogP contribution is 2.20. The molecule has 0 atom stereocenters. The fourth-order valence-electron chi connectivity index (χ4n) is 2.25. The van der Waals surface area contributed by atoms with E-state index in [0.717, 1.165) is 12.0 Å². The molecule has 3 rings (SSSR count). The second-order valence-electron chi connectivity index (χ2n) is 4.77. The van der Waals surface area contributed by atoms with Crippen molar-refractivity contribution in [3.8, 4) is 11.4 Å². The van der Waals surface area contributed by atoms with Crippen LogP contribution < -0.4 is 0 Å². The summed E-state index contributed by atoms with van der Waals surface area (Å²) < 4.78 is 1.60. The van der Waals surface area contributed by atoms with E-state index in [1.807, 2.05) is 36.4 Å². The third-order valence-electron chi connectivity index (χ3n) is 3.30. The Morgan fingerprint density at radius 2 is 1.86 bits per heavy atom. The molecule has 0 radical (unpaired) electrons. The Morgan fingerprint density at radius 3 is 2.55 bits per heavy atom. The Bertz CT molecular complexity index is 769. The standard InChI is InChI=1S/C16H14N4O2/c21-16(22)14-15(13-8-4-5-10-17-13)20(19-18-14)11-9-12-6-2-1-3-7-12/h1-8,10H,9,11H2,(H,21,22). The Labute approximate surface area is 127 Å². The summed E-state index contributed by atoms with van der Waals surface area (Å²) >= 11 is 0. The first-order valence-electron chi connectivity index (χ1n) is 6.88. The number of carboxylic acid groups (broad SMARTS) is 1. The van der Waals surface area contributed by atoms with E-state index in [4.69, 9.17) is 0 Å². The summed E-state index contributed by atoms with van der Waals surface area (Å²) in [6, 6.07) is 15.3. The van der Waals surface area contributed by atoms with Crippen LogP contribution in [0.1, 0.15) is 16.1 Å². The van der Waals surface area contributed by atoms with Gasteiger partial charge in [-0.25, -0.2) is 9.48 Å². The Balaban J connectivity index is 1.93. The maximum Gasteiger partial charge on any atom is 0.358 e. The van der Waals surface area contributed by atoms with E-state index in [2.05, 4.69) is 15.3 Å². The molecule has 0 bridgehead atoms. The number of pyridine rings is 1. The summed E-state index contributed by atoms with van der Waals surface area (Å²) in [5, 5.41) is 17.0. The Kier molecular flexibility index (Phi) is 3.91. The number of benzene rings is 1. The lowest BCUT2D eigenvalue weighted by atomic mass is 10.1. The summed E-state index contributed by atoms with van der Waals surface area (Å²) in [6.07, 6.45) is 2.36. The third kappa shape index (κ3) is 2.85. The molecule has 0 spiro atoms. The van der Waals surface area contributed by atoms with Crippen molar-refractivity contribution in [3.05, 3.63) is 66.0 Å². The van der Waals surface area contributed by atoms with Gasteiger partial charge in [-0.15, -0.1) is 5.10 Å². The van der Waals surface area contributed by atoms with Crippen LogP contribution in [0.15, 0.2) is 54.7 Å². The van der Waals surface area contributed by atoms with E-state index in [9.17, 15) is 9.90 Å². The number of hydrogen-bond acceptors (Lipinski definition) is 4. The molecule has 3 aromatic rings. The van der Waals surface area contributed by atoms with Gasteiger partial charge < -0.3 is 5.11 Å². The first kappa shape index (κ1) is 13.9. The molecule has 6 nitrogen and oxygen atoms in total. The van der Waals surface area contributed by atoms with E-state index in [0.29, 0.717) is 17.9 Å². The molecular weight excluding hydrogens is 280 g/mol. The Hall–Kier alpha value is -3.02. The molecule has 0 unspecified atom stereocenters. The molecule has 0 aliphatic heterocycles. The van der Waals surface area contributed by atoms with Crippen LogP contribution >= 0.6 is 0 Å². The first-order chi connectivity index (χ1) is 10.8. The summed E-state index contributed by atoms with van der Waals surface area (Å²) in [4.78, 5) is 15.6. The monoisotopic (exact) mass is 294 g/mol. The first-order valence-corrected chi connectivity index (χ1v) is 6.88. The molecule has 6 heteroatoms. The van der Waals surface area contributed by atoms with Crippen LogP contribution in [-0.2, 0) is 13.0 Å². The maximum absolute atomic E-state index is 11.3. The minimum absolute atomic E-state index is 0.0771. The normalized spacial score (nSPS) is 10.5. The van der Waals surface area contributed by atoms with Gasteiger partial charge in [-0.05, 0) is 24.1 Å². The van der Waals surface area contributed by atoms with Gasteiger partial charge in [0.15, 0.2) is 5.69 Å². The molecule has 0 aliphatic carbocycles. The lowest BCUT2D eigenvalue weighted by Crippen LogP contribution is -2.07. The molecule has 22 heavy (non-hydrogen) atoms. The van der Waals surface area contributed by atoms with Gasteiger partial charge in [0.25, 0.3) is 0 Å². The molecule has 1 N–H and O–H groups in total. The number of aromatic nitrogens is 4. The molecule has 110 valence electrons. The summed E-state index contributed by atoms with van der Waals surface area (Å²) in [5.41, 5.74) is 2.07. The van der Waals surface area contributed by atoms with E-state index in [1.165, 1.54) is 0 Å². The number of aromatic carboxylic acids is 1. The zero-order valence-electron chi connectivity index (χ0n) is 11.8. The van der Waals surface area contributed by atoms with Crippen LogP contribution in [-0.4, -0.2) is 31.1 Å². The van der Waals surface area contributed by atoms with Crippen molar-refractivity contribution in [2.45, 2.75) is 13.0 Å². The smallest absolute Gasteiger partial charge is 0.358 e. The topological polar surface area (TPSA) is 80.9 Å². The highest BCUT2D eigenvalue weighted by atomic mass is 16.4. The predicted molar refractivity (Wildman–Crippen MR) is 80.4 cm³/mol. The summed E-state index contributed by atoms with van der Waals surface area (Å²) in [6.45, 7) is 0.538. The van der Waals surface area contributed by atoms with Crippen molar-refractivity contribution in [3.63, 3.8) is 0 Å². The Morgan fingerprint density at radius 1 is 1.09 bits per heavy atom. The molecular formula is C16H14N4O2. The fourth-order valence-corrected chi connectivity index (χ4v) is 2.25. The zero-order chi connectivity index (χ0) is 15.4. The van der Waals surface area contributed by atoms with Crippen molar-refractivity contribution in [1.29, 1.82) is 0 Å². The van der Waals surface area contributed by atoms with Gasteiger partial charge in [-0.2, -0.15) is 0 Å². The van der Waals surface area contributed by atoms with Crippen molar-refractivity contribution in [1.82, 2.24) is 20.0 Å². The van der Waals surface area contributed by atoms with Crippen molar-refractivity contribution in [2.24, 2.45) is 0 Å². The molecule has 1 aromatic carbocycles. The highest BCUT2D eigenvalue weighted by Gasteiger charge is 2.21. The largest absolute Gasteiger partial charge is 0.476 e. The molecule has 0 amide bonds. The highest BCUT2D eigenvalue weighted by molar-refractivity contribution is 5.92. The molecule has 0 aliphatic rings. The average Bonchev–Trinajstić information content (AvgIpc) is 2.99. The van der Waals surface area contributed by atoms with Crippen LogP contribution in [0, 0.1) is 0 Å². The SMILES string of the molecule is O=C(O)c1nnn(CCc2ccccc2)c1-c1ccccn1. The van der Waals surface area contributed by atoms with Crippen LogP contribution in [0.25, 0.3) is 11.4 Å². The number of carbonyl (C=O) groups is 1. The van der Waals surface area contributed by atoms with Gasteiger partial charge in [0, 0.05) is 12.7 Å².